The van der Waals surface area contributed by atoms with E-state index in [9.17, 15) is 24.5 Å². The first kappa shape index (κ1) is 29.2. The molecular formula is C26H35N5O6S. The van der Waals surface area contributed by atoms with E-state index in [2.05, 4.69) is 15.6 Å². The van der Waals surface area contributed by atoms with Crippen LogP contribution in [0.25, 0.3) is 0 Å². The maximum Gasteiger partial charge on any atom is 0.419 e. The Hall–Kier alpha value is -3.41. The highest BCUT2D eigenvalue weighted by Crippen LogP contribution is 2.27. The molecule has 1 aromatic carbocycles. The fourth-order valence-electron chi connectivity index (χ4n) is 4.02. The molecule has 2 aromatic rings. The van der Waals surface area contributed by atoms with Gasteiger partial charge in [0.2, 0.25) is 5.91 Å². The molecule has 1 aliphatic rings. The highest BCUT2D eigenvalue weighted by Gasteiger charge is 2.25. The van der Waals surface area contributed by atoms with Crippen molar-refractivity contribution in [2.75, 3.05) is 11.5 Å². The predicted octanol–water partition coefficient (Wildman–Crippen LogP) is 4.30. The van der Waals surface area contributed by atoms with Crippen molar-refractivity contribution < 1.29 is 24.0 Å². The molecule has 12 heteroatoms. The number of ether oxygens (including phenoxy) is 1. The summed E-state index contributed by atoms with van der Waals surface area (Å²) >= 11 is 1.63. The number of nitrogens with one attached hydrogen (secondary N) is 2. The van der Waals surface area contributed by atoms with Gasteiger partial charge in [-0.15, -0.1) is 0 Å². The minimum Gasteiger partial charge on any atom is -0.443 e. The molecule has 0 radical (unpaired) electrons. The van der Waals surface area contributed by atoms with Crippen LogP contribution in [0, 0.1) is 16.0 Å². The minimum absolute atomic E-state index is 0.0127. The number of hydrogen-bond donors (Lipinski definition) is 2. The van der Waals surface area contributed by atoms with Crippen LogP contribution < -0.4 is 10.6 Å². The van der Waals surface area contributed by atoms with Gasteiger partial charge in [0.05, 0.1) is 4.92 Å². The van der Waals surface area contributed by atoms with Crippen LogP contribution in [0.4, 0.5) is 10.5 Å². The summed E-state index contributed by atoms with van der Waals surface area (Å²) in [5.41, 5.74) is -0.0527. The van der Waals surface area contributed by atoms with Crippen molar-refractivity contribution in [3.8, 4) is 0 Å². The van der Waals surface area contributed by atoms with E-state index in [1.807, 2.05) is 0 Å². The lowest BCUT2D eigenvalue weighted by Gasteiger charge is -2.23. The van der Waals surface area contributed by atoms with Gasteiger partial charge in [0, 0.05) is 30.6 Å². The molecule has 1 aliphatic carbocycles. The quantitative estimate of drug-likeness (QED) is 0.332. The number of nitrogens with zero attached hydrogens (tertiary/aromatic N) is 3. The van der Waals surface area contributed by atoms with Crippen molar-refractivity contribution in [2.45, 2.75) is 71.1 Å². The second-order valence-electron chi connectivity index (χ2n) is 10.4. The van der Waals surface area contributed by atoms with E-state index < -0.39 is 28.6 Å². The second kappa shape index (κ2) is 13.4. The van der Waals surface area contributed by atoms with Crippen molar-refractivity contribution in [1.29, 1.82) is 0 Å². The third-order valence-electron chi connectivity index (χ3n) is 6.02. The molecule has 38 heavy (non-hydrogen) atoms. The molecule has 11 nitrogen and oxygen atoms in total. The third kappa shape index (κ3) is 9.16. The molecule has 1 saturated carbocycles. The smallest absolute Gasteiger partial charge is 0.419 e. The fraction of sp³-hybridized carbons (Fsp3) is 0.538. The van der Waals surface area contributed by atoms with E-state index in [0.29, 0.717) is 17.2 Å². The summed E-state index contributed by atoms with van der Waals surface area (Å²) in [6.45, 7) is 5.37. The molecule has 1 atom stereocenters. The summed E-state index contributed by atoms with van der Waals surface area (Å²) in [5, 5.41) is 16.4. The van der Waals surface area contributed by atoms with Gasteiger partial charge in [0.1, 0.15) is 23.7 Å². The molecule has 2 N–H and O–H groups in total. The number of nitro groups is 1. The number of imidazole rings is 1. The van der Waals surface area contributed by atoms with Crippen LogP contribution in [0.2, 0.25) is 0 Å². The van der Waals surface area contributed by atoms with E-state index >= 15 is 0 Å². The molecular weight excluding hydrogens is 510 g/mol. The number of non-ortho nitro benzene ring substituents is 1. The lowest BCUT2D eigenvalue weighted by atomic mass is 9.91. The van der Waals surface area contributed by atoms with Crippen LogP contribution >= 0.6 is 11.8 Å². The number of aromatic nitrogens is 2. The SMILES string of the molecule is CC(C)(C)OC(=O)n1cnc(C(=O)NC(CSCC2CCCCC2)C(=O)NCc2ccc([N+](=O)[O-])cc2)c1. The Kier molecular flexibility index (Phi) is 10.3. The summed E-state index contributed by atoms with van der Waals surface area (Å²) in [7, 11) is 0. The first-order chi connectivity index (χ1) is 18.0. The zero-order valence-electron chi connectivity index (χ0n) is 22.0. The van der Waals surface area contributed by atoms with Gasteiger partial charge in [-0.05, 0) is 50.8 Å². The fourth-order valence-corrected chi connectivity index (χ4v) is 5.30. The van der Waals surface area contributed by atoms with Gasteiger partial charge in [0.15, 0.2) is 0 Å². The number of thioether (sulfide) groups is 1. The van der Waals surface area contributed by atoms with Gasteiger partial charge >= 0.3 is 6.09 Å². The van der Waals surface area contributed by atoms with Gasteiger partial charge in [-0.1, -0.05) is 31.4 Å². The average molecular weight is 546 g/mol. The van der Waals surface area contributed by atoms with Crippen LogP contribution in [0.5, 0.6) is 0 Å². The minimum atomic E-state index is -0.833. The Morgan fingerprint density at radius 2 is 1.87 bits per heavy atom. The first-order valence-corrected chi connectivity index (χ1v) is 13.8. The maximum atomic E-state index is 13.1. The molecule has 0 aliphatic heterocycles. The number of carbonyl (C=O) groups is 3. The van der Waals surface area contributed by atoms with Gasteiger partial charge in [-0.25, -0.2) is 14.3 Å². The number of carbonyl (C=O) groups excluding carboxylic acids is 3. The van der Waals surface area contributed by atoms with Crippen molar-refractivity contribution in [3.63, 3.8) is 0 Å². The van der Waals surface area contributed by atoms with E-state index in [-0.39, 0.29) is 23.8 Å². The van der Waals surface area contributed by atoms with Gasteiger partial charge in [0.25, 0.3) is 11.6 Å². The molecule has 1 heterocycles. The highest BCUT2D eigenvalue weighted by molar-refractivity contribution is 7.99. The van der Waals surface area contributed by atoms with Crippen LogP contribution in [-0.2, 0) is 16.1 Å². The summed E-state index contributed by atoms with van der Waals surface area (Å²) in [5.74, 6) is 0.939. The average Bonchev–Trinajstić information content (AvgIpc) is 3.37. The Balaban J connectivity index is 1.63. The highest BCUT2D eigenvalue weighted by atomic mass is 32.2. The van der Waals surface area contributed by atoms with Gasteiger partial charge < -0.3 is 15.4 Å². The zero-order chi connectivity index (χ0) is 27.7. The van der Waals surface area contributed by atoms with Crippen molar-refractivity contribution in [3.05, 3.63) is 58.2 Å². The van der Waals surface area contributed by atoms with Crippen LogP contribution in [-0.4, -0.2) is 55.5 Å². The lowest BCUT2D eigenvalue weighted by molar-refractivity contribution is -0.384. The number of hydrogen-bond acceptors (Lipinski definition) is 8. The van der Waals surface area contributed by atoms with Crippen molar-refractivity contribution >= 4 is 35.4 Å². The first-order valence-electron chi connectivity index (χ1n) is 12.7. The molecule has 1 aromatic heterocycles. The summed E-state index contributed by atoms with van der Waals surface area (Å²) in [6, 6.07) is 5.07. The Labute approximate surface area is 226 Å². The molecule has 1 fully saturated rings. The van der Waals surface area contributed by atoms with E-state index in [1.54, 1.807) is 44.7 Å². The van der Waals surface area contributed by atoms with Crippen LogP contribution in [0.3, 0.4) is 0 Å². The molecule has 0 spiro atoms. The molecule has 3 rings (SSSR count). The summed E-state index contributed by atoms with van der Waals surface area (Å²) in [4.78, 5) is 52.6. The van der Waals surface area contributed by atoms with Crippen molar-refractivity contribution in [2.24, 2.45) is 5.92 Å². The standard InChI is InChI=1S/C26H35N5O6S/c1-26(2,3)37-25(34)30-14-21(28-17-30)24(33)29-22(16-38-15-19-7-5-4-6-8-19)23(32)27-13-18-9-11-20(12-10-18)31(35)36/h9-12,14,17,19,22H,4-8,13,15-16H2,1-3H3,(H,27,32)(H,29,33). The topological polar surface area (TPSA) is 145 Å². The largest absolute Gasteiger partial charge is 0.443 e. The lowest BCUT2D eigenvalue weighted by Crippen LogP contribution is -2.48. The Bertz CT molecular complexity index is 1120. The Morgan fingerprint density at radius 1 is 1.18 bits per heavy atom. The zero-order valence-corrected chi connectivity index (χ0v) is 22.8. The second-order valence-corrected chi connectivity index (χ2v) is 11.4. The number of amides is 2. The molecule has 2 amide bonds. The normalized spacial score (nSPS) is 14.9. The Morgan fingerprint density at radius 3 is 2.50 bits per heavy atom. The van der Waals surface area contributed by atoms with E-state index in [4.69, 9.17) is 4.74 Å². The third-order valence-corrected chi connectivity index (χ3v) is 7.29. The number of rotatable bonds is 10. The number of benzene rings is 1. The predicted molar refractivity (Wildman–Crippen MR) is 144 cm³/mol. The van der Waals surface area contributed by atoms with E-state index in [0.717, 1.165) is 10.3 Å². The van der Waals surface area contributed by atoms with Crippen molar-refractivity contribution in [1.82, 2.24) is 20.2 Å². The maximum absolute atomic E-state index is 13.1. The molecule has 1 unspecified atom stereocenters. The summed E-state index contributed by atoms with van der Waals surface area (Å²) in [6.07, 6.45) is 7.87. The summed E-state index contributed by atoms with van der Waals surface area (Å²) < 4.78 is 6.37. The monoisotopic (exact) mass is 545 g/mol. The molecule has 0 bridgehead atoms. The number of nitro benzene ring substituents is 1. The van der Waals surface area contributed by atoms with Crippen LogP contribution in [0.15, 0.2) is 36.8 Å². The molecule has 206 valence electrons. The molecule has 0 saturated heterocycles. The van der Waals surface area contributed by atoms with Crippen LogP contribution in [0.1, 0.15) is 68.9 Å². The van der Waals surface area contributed by atoms with Gasteiger partial charge in [-0.2, -0.15) is 11.8 Å². The van der Waals surface area contributed by atoms with Gasteiger partial charge in [-0.3, -0.25) is 19.7 Å². The van der Waals surface area contributed by atoms with E-state index in [1.165, 1.54) is 56.8 Å².